The Morgan fingerprint density at radius 2 is 1.44 bits per heavy atom. The molecule has 6 heteroatoms. The number of fused-ring (bicyclic) bond motifs is 2. The smallest absolute Gasteiger partial charge is 0.270 e. The molecule has 5 aromatic rings. The number of anilines is 1. The van der Waals surface area contributed by atoms with Gasteiger partial charge < -0.3 is 4.74 Å². The van der Waals surface area contributed by atoms with Gasteiger partial charge in [0.1, 0.15) is 17.9 Å². The van der Waals surface area contributed by atoms with Crippen LogP contribution in [0.25, 0.3) is 27.6 Å². The first kappa shape index (κ1) is 24.5. The lowest BCUT2D eigenvalue weighted by atomic mass is 9.99. The van der Waals surface area contributed by atoms with Crippen LogP contribution in [0, 0.1) is 6.92 Å². The fourth-order valence-electron chi connectivity index (χ4n) is 4.95. The molecule has 1 saturated heterocycles. The van der Waals surface area contributed by atoms with Crippen molar-refractivity contribution in [1.29, 1.82) is 0 Å². The molecule has 0 saturated carbocycles. The number of hydrogen-bond donors (Lipinski definition) is 1. The Morgan fingerprint density at radius 3 is 2.21 bits per heavy atom. The van der Waals surface area contributed by atoms with Crippen LogP contribution in [-0.4, -0.2) is 16.9 Å². The summed E-state index contributed by atoms with van der Waals surface area (Å²) in [6, 6.07) is 33.2. The Morgan fingerprint density at radius 1 is 0.795 bits per heavy atom. The molecular formula is C33H24N2O3S. The summed E-state index contributed by atoms with van der Waals surface area (Å²) in [5, 5.41) is 6.84. The SMILES string of the molecule is Cc1ccc2ccccc2c1COc1ccc2ccccc2c1/C=C1/C(=O)NC(=S)N(c2ccccc2)C1=O. The maximum Gasteiger partial charge on any atom is 0.270 e. The zero-order valence-corrected chi connectivity index (χ0v) is 22.0. The normalized spacial score (nSPS) is 14.7. The van der Waals surface area contributed by atoms with Gasteiger partial charge in [-0.2, -0.15) is 0 Å². The van der Waals surface area contributed by atoms with E-state index >= 15 is 0 Å². The summed E-state index contributed by atoms with van der Waals surface area (Å²) in [6.45, 7) is 2.41. The molecule has 0 spiro atoms. The topological polar surface area (TPSA) is 58.6 Å². The Balaban J connectivity index is 1.44. The molecule has 39 heavy (non-hydrogen) atoms. The summed E-state index contributed by atoms with van der Waals surface area (Å²) in [7, 11) is 0. The molecule has 190 valence electrons. The summed E-state index contributed by atoms with van der Waals surface area (Å²) >= 11 is 5.35. The Bertz CT molecular complexity index is 1810. The number of benzene rings is 5. The maximum atomic E-state index is 13.6. The Hall–Kier alpha value is -4.81. The van der Waals surface area contributed by atoms with E-state index in [-0.39, 0.29) is 10.7 Å². The van der Waals surface area contributed by atoms with Crippen LogP contribution >= 0.6 is 12.2 Å². The van der Waals surface area contributed by atoms with Crippen molar-refractivity contribution in [2.24, 2.45) is 0 Å². The van der Waals surface area contributed by atoms with Crippen molar-refractivity contribution < 1.29 is 14.3 Å². The van der Waals surface area contributed by atoms with Crippen molar-refractivity contribution in [2.45, 2.75) is 13.5 Å². The number of carbonyl (C=O) groups excluding carboxylic acids is 2. The van der Waals surface area contributed by atoms with Crippen LogP contribution in [0.1, 0.15) is 16.7 Å². The van der Waals surface area contributed by atoms with Gasteiger partial charge in [-0.1, -0.05) is 84.9 Å². The summed E-state index contributed by atoms with van der Waals surface area (Å²) in [5.74, 6) is -0.451. The van der Waals surface area contributed by atoms with Crippen LogP contribution in [0.4, 0.5) is 5.69 Å². The number of hydrogen-bond acceptors (Lipinski definition) is 4. The van der Waals surface area contributed by atoms with E-state index in [4.69, 9.17) is 17.0 Å². The quantitative estimate of drug-likeness (QED) is 0.156. The van der Waals surface area contributed by atoms with Gasteiger partial charge in [0, 0.05) is 11.1 Å². The average Bonchev–Trinajstić information content (AvgIpc) is 2.95. The number of para-hydroxylation sites is 1. The molecule has 0 radical (unpaired) electrons. The Kier molecular flexibility index (Phi) is 6.39. The maximum absolute atomic E-state index is 13.6. The molecule has 1 heterocycles. The van der Waals surface area contributed by atoms with Gasteiger partial charge in [0.15, 0.2) is 5.11 Å². The van der Waals surface area contributed by atoms with Crippen molar-refractivity contribution in [2.75, 3.05) is 4.90 Å². The molecule has 2 amide bonds. The number of rotatable bonds is 5. The van der Waals surface area contributed by atoms with E-state index in [0.29, 0.717) is 23.6 Å². The van der Waals surface area contributed by atoms with Crippen LogP contribution in [0.2, 0.25) is 0 Å². The molecule has 5 nitrogen and oxygen atoms in total. The standard InChI is InChI=1S/C33H24N2O3S/c1-21-15-16-22-9-6-8-14-26(22)29(21)20-38-30-18-17-23-10-5-7-13-25(23)27(30)19-28-31(36)34-33(39)35(32(28)37)24-11-3-2-4-12-24/h2-19H,20H2,1H3,(H,34,36,39)/b28-19-. The summed E-state index contributed by atoms with van der Waals surface area (Å²) < 4.78 is 6.44. The molecule has 1 fully saturated rings. The summed E-state index contributed by atoms with van der Waals surface area (Å²) in [4.78, 5) is 28.0. The third-order valence-electron chi connectivity index (χ3n) is 6.98. The number of amides is 2. The average molecular weight is 529 g/mol. The molecule has 0 aromatic heterocycles. The fraction of sp³-hybridized carbons (Fsp3) is 0.0606. The first-order valence-corrected chi connectivity index (χ1v) is 13.0. The number of thiocarbonyl (C=S) groups is 1. The number of nitrogens with one attached hydrogen (secondary N) is 1. The molecule has 1 aliphatic heterocycles. The third kappa shape index (κ3) is 4.56. The number of aryl methyl sites for hydroxylation is 1. The highest BCUT2D eigenvalue weighted by Gasteiger charge is 2.34. The van der Waals surface area contributed by atoms with Crippen molar-refractivity contribution in [3.63, 3.8) is 0 Å². The predicted octanol–water partition coefficient (Wildman–Crippen LogP) is 6.71. The van der Waals surface area contributed by atoms with E-state index in [1.165, 1.54) is 4.90 Å². The third-order valence-corrected chi connectivity index (χ3v) is 7.27. The van der Waals surface area contributed by atoms with Gasteiger partial charge in [0.2, 0.25) is 0 Å². The molecule has 1 aliphatic rings. The van der Waals surface area contributed by atoms with Crippen LogP contribution in [0.15, 0.2) is 109 Å². The monoisotopic (exact) mass is 528 g/mol. The zero-order chi connectivity index (χ0) is 26.9. The van der Waals surface area contributed by atoms with Gasteiger partial charge in [-0.25, -0.2) is 0 Å². The van der Waals surface area contributed by atoms with Crippen molar-refractivity contribution >= 4 is 62.5 Å². The lowest BCUT2D eigenvalue weighted by Gasteiger charge is -2.29. The van der Waals surface area contributed by atoms with Crippen LogP contribution in [0.3, 0.4) is 0 Å². The van der Waals surface area contributed by atoms with Crippen molar-refractivity contribution in [3.05, 3.63) is 125 Å². The van der Waals surface area contributed by atoms with Crippen LogP contribution < -0.4 is 15.0 Å². The minimum Gasteiger partial charge on any atom is -0.488 e. The largest absolute Gasteiger partial charge is 0.488 e. The Labute approximate surface area is 231 Å². The van der Waals surface area contributed by atoms with Gasteiger partial charge in [0.25, 0.3) is 11.8 Å². The minimum atomic E-state index is -0.541. The minimum absolute atomic E-state index is 0.0185. The van der Waals surface area contributed by atoms with Gasteiger partial charge in [0.05, 0.1) is 5.69 Å². The molecular weight excluding hydrogens is 504 g/mol. The lowest BCUT2D eigenvalue weighted by molar-refractivity contribution is -0.122. The van der Waals surface area contributed by atoms with Gasteiger partial charge in [-0.15, -0.1) is 0 Å². The van der Waals surface area contributed by atoms with Gasteiger partial charge in [-0.3, -0.25) is 19.8 Å². The second-order valence-electron chi connectivity index (χ2n) is 9.36. The van der Waals surface area contributed by atoms with E-state index in [1.807, 2.05) is 66.7 Å². The van der Waals surface area contributed by atoms with E-state index in [9.17, 15) is 9.59 Å². The highest BCUT2D eigenvalue weighted by atomic mass is 32.1. The second kappa shape index (κ2) is 10.2. The van der Waals surface area contributed by atoms with Gasteiger partial charge in [-0.05, 0) is 70.5 Å². The molecule has 0 aliphatic carbocycles. The van der Waals surface area contributed by atoms with Crippen LogP contribution in [0.5, 0.6) is 5.75 Å². The first-order valence-electron chi connectivity index (χ1n) is 12.6. The number of nitrogens with zero attached hydrogens (tertiary/aromatic N) is 1. The lowest BCUT2D eigenvalue weighted by Crippen LogP contribution is -2.54. The highest BCUT2D eigenvalue weighted by Crippen LogP contribution is 2.33. The highest BCUT2D eigenvalue weighted by molar-refractivity contribution is 7.80. The van der Waals surface area contributed by atoms with E-state index in [2.05, 4.69) is 36.5 Å². The van der Waals surface area contributed by atoms with E-state index < -0.39 is 11.8 Å². The predicted molar refractivity (Wildman–Crippen MR) is 160 cm³/mol. The summed E-state index contributed by atoms with van der Waals surface area (Å²) in [5.41, 5.74) is 3.44. The number of ether oxygens (including phenoxy) is 1. The van der Waals surface area contributed by atoms with E-state index in [1.54, 1.807) is 18.2 Å². The molecule has 1 N–H and O–H groups in total. The van der Waals surface area contributed by atoms with Crippen molar-refractivity contribution in [1.82, 2.24) is 5.32 Å². The van der Waals surface area contributed by atoms with E-state index in [0.717, 1.165) is 32.7 Å². The number of carbonyl (C=O) groups is 2. The molecule has 5 aromatic carbocycles. The summed E-state index contributed by atoms with van der Waals surface area (Å²) in [6.07, 6.45) is 1.61. The van der Waals surface area contributed by atoms with Gasteiger partial charge >= 0.3 is 0 Å². The van der Waals surface area contributed by atoms with Crippen molar-refractivity contribution in [3.8, 4) is 5.75 Å². The second-order valence-corrected chi connectivity index (χ2v) is 9.75. The molecule has 6 rings (SSSR count). The fourth-order valence-corrected chi connectivity index (χ4v) is 5.23. The zero-order valence-electron chi connectivity index (χ0n) is 21.2. The molecule has 0 unspecified atom stereocenters. The first-order chi connectivity index (χ1) is 19.0. The molecule has 0 atom stereocenters. The molecule has 0 bridgehead atoms. The van der Waals surface area contributed by atoms with Crippen LogP contribution in [-0.2, 0) is 16.2 Å².